The van der Waals surface area contributed by atoms with E-state index in [0.717, 1.165) is 44.7 Å². The molecule has 2 aliphatic rings. The van der Waals surface area contributed by atoms with Gasteiger partial charge < -0.3 is 65.1 Å². The number of benzene rings is 1. The molecule has 9 atom stereocenters. The van der Waals surface area contributed by atoms with Crippen molar-refractivity contribution >= 4 is 86.6 Å². The molecule has 2 heterocycles. The van der Waals surface area contributed by atoms with E-state index in [-0.39, 0.29) is 49.7 Å². The number of hydrogen-bond acceptors (Lipinski definition) is 14. The fourth-order valence-corrected chi connectivity index (χ4v) is 10.2. The fraction of sp³-hybridized carbons (Fsp3) is 0.630. The lowest BCUT2D eigenvalue weighted by atomic mass is 9.95. The van der Waals surface area contributed by atoms with Gasteiger partial charge in [-0.1, -0.05) is 80.8 Å². The van der Waals surface area contributed by atoms with Crippen LogP contribution in [0.15, 0.2) is 18.2 Å². The number of aryl methyl sites for hydroxylation is 2. The molecule has 0 saturated carbocycles. The van der Waals surface area contributed by atoms with E-state index in [4.69, 9.17) is 22.9 Å². The third-order valence-electron chi connectivity index (χ3n) is 12.1. The summed E-state index contributed by atoms with van der Waals surface area (Å²) in [5, 5.41) is 18.1. The summed E-state index contributed by atoms with van der Waals surface area (Å²) >= 11 is 0. The number of nitrogens with two attached hydrogens (primary N) is 4. The first-order valence-electron chi connectivity index (χ1n) is 23.8. The molecule has 2 aliphatic heterocycles. The normalized spacial score (nSPS) is 24.0. The van der Waals surface area contributed by atoms with Gasteiger partial charge in [0.15, 0.2) is 0 Å². The highest BCUT2D eigenvalue weighted by molar-refractivity contribution is 8.76. The summed E-state index contributed by atoms with van der Waals surface area (Å²) in [6.07, 6.45) is 0.300. The van der Waals surface area contributed by atoms with Crippen molar-refractivity contribution in [3.63, 3.8) is 0 Å². The Morgan fingerprint density at radius 3 is 2.03 bits per heavy atom. The summed E-state index contributed by atoms with van der Waals surface area (Å²) < 4.78 is 0. The first-order valence-corrected chi connectivity index (χ1v) is 26.3. The summed E-state index contributed by atoms with van der Waals surface area (Å²) in [5.41, 5.74) is 25.2. The quantitative estimate of drug-likeness (QED) is 0.0681. The Bertz CT molecular complexity index is 2130. The van der Waals surface area contributed by atoms with E-state index in [1.54, 1.807) is 13.8 Å². The molecule has 0 radical (unpaired) electrons. The van der Waals surface area contributed by atoms with Crippen LogP contribution in [0.2, 0.25) is 0 Å². The molecule has 25 heteroatoms. The van der Waals surface area contributed by atoms with Crippen LogP contribution in [0.1, 0.15) is 96.3 Å². The van der Waals surface area contributed by atoms with Gasteiger partial charge in [-0.2, -0.15) is 0 Å². The van der Waals surface area contributed by atoms with Crippen LogP contribution >= 0.6 is 21.6 Å². The van der Waals surface area contributed by atoms with E-state index >= 15 is 0 Å². The van der Waals surface area contributed by atoms with Crippen LogP contribution in [0.5, 0.6) is 0 Å². The van der Waals surface area contributed by atoms with Crippen LogP contribution in [0, 0.1) is 18.8 Å². The van der Waals surface area contributed by atoms with Crippen molar-refractivity contribution < 1.29 is 52.7 Å². The lowest BCUT2D eigenvalue weighted by Crippen LogP contribution is -2.61. The lowest BCUT2D eigenvalue weighted by molar-refractivity contribution is -0.142. The molecular formula is C46H72N12O11S2. The van der Waals surface area contributed by atoms with Crippen molar-refractivity contribution in [3.05, 3.63) is 34.9 Å². The van der Waals surface area contributed by atoms with E-state index in [2.05, 4.69) is 37.2 Å². The molecule has 1 aromatic rings. The van der Waals surface area contributed by atoms with Crippen LogP contribution in [-0.2, 0) is 65.6 Å². The molecular weight excluding hydrogens is 961 g/mol. The zero-order valence-corrected chi connectivity index (χ0v) is 42.9. The fourth-order valence-electron chi connectivity index (χ4n) is 7.90. The smallest absolute Gasteiger partial charge is 0.246 e. The van der Waals surface area contributed by atoms with E-state index < -0.39 is 139 Å². The first-order chi connectivity index (χ1) is 33.4. The van der Waals surface area contributed by atoms with Gasteiger partial charge in [0.2, 0.25) is 65.0 Å². The minimum absolute atomic E-state index is 0.0155. The molecule has 0 aromatic heterocycles. The van der Waals surface area contributed by atoms with Crippen molar-refractivity contribution in [3.8, 4) is 0 Å². The van der Waals surface area contributed by atoms with Gasteiger partial charge in [0.1, 0.15) is 42.3 Å². The highest BCUT2D eigenvalue weighted by Crippen LogP contribution is 2.26. The molecule has 394 valence electrons. The van der Waals surface area contributed by atoms with Gasteiger partial charge >= 0.3 is 0 Å². The Morgan fingerprint density at radius 1 is 0.789 bits per heavy atom. The Labute approximate surface area is 421 Å². The molecule has 2 saturated heterocycles. The number of hydrogen-bond donors (Lipinski definition) is 11. The molecule has 15 N–H and O–H groups in total. The van der Waals surface area contributed by atoms with Crippen molar-refractivity contribution in [2.75, 3.05) is 24.6 Å². The summed E-state index contributed by atoms with van der Waals surface area (Å²) in [4.78, 5) is 149. The number of carbonyl (C=O) groups excluding carboxylic acids is 11. The van der Waals surface area contributed by atoms with Crippen molar-refractivity contribution in [2.45, 2.75) is 148 Å². The van der Waals surface area contributed by atoms with Crippen molar-refractivity contribution in [2.24, 2.45) is 34.8 Å². The molecule has 0 spiro atoms. The monoisotopic (exact) mass is 1030 g/mol. The second-order valence-electron chi connectivity index (χ2n) is 18.4. The summed E-state index contributed by atoms with van der Waals surface area (Å²) in [6, 6.07) is -4.95. The number of primary amides is 3. The number of amides is 11. The Balaban J connectivity index is 2.07. The number of nitrogens with one attached hydrogen (secondary N) is 7. The van der Waals surface area contributed by atoms with Gasteiger partial charge in [0.05, 0.1) is 19.0 Å². The maximum Gasteiger partial charge on any atom is 0.246 e. The topological polar surface area (TPSA) is 379 Å². The lowest BCUT2D eigenvalue weighted by Gasteiger charge is -2.31. The minimum Gasteiger partial charge on any atom is -0.370 e. The van der Waals surface area contributed by atoms with Gasteiger partial charge in [-0.25, -0.2) is 0 Å². The maximum atomic E-state index is 14.5. The maximum absolute atomic E-state index is 14.5. The average Bonchev–Trinajstić information content (AvgIpc) is 3.81. The van der Waals surface area contributed by atoms with Gasteiger partial charge in [-0.15, -0.1) is 0 Å². The highest BCUT2D eigenvalue weighted by atomic mass is 33.1. The summed E-state index contributed by atoms with van der Waals surface area (Å²) in [5.74, 6) is -9.98. The molecule has 2 fully saturated rings. The van der Waals surface area contributed by atoms with Gasteiger partial charge in [0.25, 0.3) is 0 Å². The third-order valence-corrected chi connectivity index (χ3v) is 14.6. The molecule has 0 bridgehead atoms. The SMILES string of the molecule is CCc1ccc(C[C@H]2NC(=O)[C@@H](N)CSSC[C@@H](C(=O)N3CCC[C@H]3C(=O)N[C@@H](CC(C)C)C(=O)NCC(N)=O)NC(=O)[C@H](CC(N)=O)NC(=O)[C@H](CCC(N)=O)NC(=O)[C@H]([C@@H](C)CC)NC2=O)c(C)c1. The number of rotatable bonds is 18. The van der Waals surface area contributed by atoms with Crippen molar-refractivity contribution in [1.82, 2.24) is 42.1 Å². The van der Waals surface area contributed by atoms with E-state index in [1.807, 2.05) is 45.9 Å². The zero-order chi connectivity index (χ0) is 53.1. The second kappa shape index (κ2) is 28.8. The predicted octanol–water partition coefficient (Wildman–Crippen LogP) is -2.44. The van der Waals surface area contributed by atoms with Gasteiger partial charge in [-0.3, -0.25) is 52.7 Å². The van der Waals surface area contributed by atoms with Crippen molar-refractivity contribution in [1.29, 1.82) is 0 Å². The molecule has 1 aromatic carbocycles. The zero-order valence-electron chi connectivity index (χ0n) is 41.3. The Hall–Kier alpha value is -5.95. The van der Waals surface area contributed by atoms with Gasteiger partial charge in [0, 0.05) is 30.9 Å². The largest absolute Gasteiger partial charge is 0.370 e. The Morgan fingerprint density at radius 2 is 1.42 bits per heavy atom. The minimum atomic E-state index is -1.74. The molecule has 11 amide bonds. The van der Waals surface area contributed by atoms with E-state index in [1.165, 1.54) is 4.90 Å². The second-order valence-corrected chi connectivity index (χ2v) is 20.9. The molecule has 3 rings (SSSR count). The molecule has 23 nitrogen and oxygen atoms in total. The van der Waals surface area contributed by atoms with Crippen LogP contribution in [0.4, 0.5) is 0 Å². The van der Waals surface area contributed by atoms with Gasteiger partial charge in [-0.05, 0) is 67.6 Å². The third kappa shape index (κ3) is 19.0. The van der Waals surface area contributed by atoms with Crippen LogP contribution in [0.25, 0.3) is 0 Å². The molecule has 71 heavy (non-hydrogen) atoms. The average molecular weight is 1030 g/mol. The first kappa shape index (κ1) is 59.4. The van der Waals surface area contributed by atoms with Crippen LogP contribution in [-0.4, -0.2) is 143 Å². The summed E-state index contributed by atoms with van der Waals surface area (Å²) in [6.45, 7) is 10.6. The molecule has 0 unspecified atom stereocenters. The van der Waals surface area contributed by atoms with Crippen LogP contribution in [0.3, 0.4) is 0 Å². The number of carbonyl (C=O) groups is 11. The number of likely N-dealkylation sites (tertiary alicyclic amines) is 1. The predicted molar refractivity (Wildman–Crippen MR) is 267 cm³/mol. The standard InChI is InChI=1S/C46H72N12O11S2/c1-7-24(5)38-45(68)52-29(13-14-35(48)59)41(64)54-32(19-36(49)60)42(65)56-33(46(69)58-15-9-10-34(58)44(67)55-30(16-23(3)4)40(63)51-20-37(50)61)22-71-70-21-28(47)39(62)53-31(43(66)57-38)18-27-12-11-26(8-2)17-25(27)6/h11-12,17,23-24,28-34,38H,7-10,13-16,18-22,47H2,1-6H3,(H2,48,59)(H2,49,60)(H2,50,61)(H,51,63)(H,52,68)(H,53,62)(H,54,64)(H,55,67)(H,56,65)(H,57,66)/t24-,28-,29-,30-,31+,32-,33-,34-,38-/m0/s1. The van der Waals surface area contributed by atoms with E-state index in [0.29, 0.717) is 12.8 Å². The molecule has 0 aliphatic carbocycles. The Kier molecular flexibility index (Phi) is 24.1. The van der Waals surface area contributed by atoms with E-state index in [9.17, 15) is 52.7 Å². The highest BCUT2D eigenvalue weighted by Gasteiger charge is 2.41. The van der Waals surface area contributed by atoms with Crippen LogP contribution < -0.4 is 60.2 Å². The number of nitrogens with zero attached hydrogens (tertiary/aromatic N) is 1. The summed E-state index contributed by atoms with van der Waals surface area (Å²) in [7, 11) is 2.11.